The summed E-state index contributed by atoms with van der Waals surface area (Å²) in [6.07, 6.45) is 14.0. The SMILES string of the molecule is CCCCCCCCCN1CCCC(NCCC)C1. The van der Waals surface area contributed by atoms with Gasteiger partial charge in [0, 0.05) is 12.6 Å². The van der Waals surface area contributed by atoms with Crippen molar-refractivity contribution in [3.05, 3.63) is 0 Å². The Morgan fingerprint density at radius 3 is 2.42 bits per heavy atom. The maximum Gasteiger partial charge on any atom is 0.0195 e. The predicted octanol–water partition coefficient (Wildman–Crippen LogP) is 4.20. The molecule has 1 unspecified atom stereocenters. The Morgan fingerprint density at radius 1 is 0.947 bits per heavy atom. The first-order valence-corrected chi connectivity index (χ1v) is 8.82. The molecule has 1 aliphatic rings. The Bertz CT molecular complexity index is 194. The van der Waals surface area contributed by atoms with Crippen LogP contribution in [0.4, 0.5) is 0 Å². The largest absolute Gasteiger partial charge is 0.313 e. The van der Waals surface area contributed by atoms with Crippen molar-refractivity contribution in [2.45, 2.75) is 84.1 Å². The van der Waals surface area contributed by atoms with Gasteiger partial charge in [-0.1, -0.05) is 52.4 Å². The molecular weight excluding hydrogens is 232 g/mol. The summed E-state index contributed by atoms with van der Waals surface area (Å²) in [5, 5.41) is 3.68. The summed E-state index contributed by atoms with van der Waals surface area (Å²) in [5.41, 5.74) is 0. The summed E-state index contributed by atoms with van der Waals surface area (Å²) in [6.45, 7) is 9.69. The second-order valence-corrected chi connectivity index (χ2v) is 6.22. The van der Waals surface area contributed by atoms with Crippen LogP contribution in [0.3, 0.4) is 0 Å². The molecule has 0 aromatic carbocycles. The van der Waals surface area contributed by atoms with E-state index in [1.54, 1.807) is 0 Å². The Kier molecular flexibility index (Phi) is 10.5. The van der Waals surface area contributed by atoms with E-state index < -0.39 is 0 Å². The molecule has 0 amide bonds. The molecular formula is C17H36N2. The van der Waals surface area contributed by atoms with Gasteiger partial charge in [-0.15, -0.1) is 0 Å². The standard InChI is InChI=1S/C17H36N2/c1-3-5-6-7-8-9-10-14-19-15-11-12-17(16-19)18-13-4-2/h17-18H,3-16H2,1-2H3. The van der Waals surface area contributed by atoms with Crippen LogP contribution in [-0.2, 0) is 0 Å². The maximum absolute atomic E-state index is 3.68. The Balaban J connectivity index is 1.96. The van der Waals surface area contributed by atoms with Crippen molar-refractivity contribution in [2.75, 3.05) is 26.2 Å². The van der Waals surface area contributed by atoms with Crippen LogP contribution in [0.1, 0.15) is 78.1 Å². The minimum atomic E-state index is 0.762. The van der Waals surface area contributed by atoms with E-state index in [2.05, 4.69) is 24.1 Å². The third kappa shape index (κ3) is 8.65. The van der Waals surface area contributed by atoms with Crippen LogP contribution in [-0.4, -0.2) is 37.1 Å². The van der Waals surface area contributed by atoms with Crippen LogP contribution in [0, 0.1) is 0 Å². The first-order chi connectivity index (χ1) is 9.36. The molecule has 0 saturated carbocycles. The highest BCUT2D eigenvalue weighted by Crippen LogP contribution is 2.12. The highest BCUT2D eigenvalue weighted by molar-refractivity contribution is 4.77. The van der Waals surface area contributed by atoms with Crippen molar-refractivity contribution < 1.29 is 0 Å². The van der Waals surface area contributed by atoms with Crippen molar-refractivity contribution in [3.63, 3.8) is 0 Å². The van der Waals surface area contributed by atoms with Crippen molar-refractivity contribution in [2.24, 2.45) is 0 Å². The maximum atomic E-state index is 3.68. The molecule has 0 radical (unpaired) electrons. The van der Waals surface area contributed by atoms with E-state index in [4.69, 9.17) is 0 Å². The molecule has 114 valence electrons. The quantitative estimate of drug-likeness (QED) is 0.565. The summed E-state index contributed by atoms with van der Waals surface area (Å²) < 4.78 is 0. The fourth-order valence-electron chi connectivity index (χ4n) is 3.07. The van der Waals surface area contributed by atoms with Gasteiger partial charge in [0.05, 0.1) is 0 Å². The van der Waals surface area contributed by atoms with E-state index in [9.17, 15) is 0 Å². The topological polar surface area (TPSA) is 15.3 Å². The number of nitrogens with zero attached hydrogens (tertiary/aromatic N) is 1. The molecule has 2 heteroatoms. The smallest absolute Gasteiger partial charge is 0.0195 e. The van der Waals surface area contributed by atoms with E-state index in [1.807, 2.05) is 0 Å². The highest BCUT2D eigenvalue weighted by Gasteiger charge is 2.18. The molecule has 0 spiro atoms. The van der Waals surface area contributed by atoms with E-state index in [1.165, 1.54) is 90.4 Å². The number of piperidine rings is 1. The molecule has 1 fully saturated rings. The predicted molar refractivity (Wildman–Crippen MR) is 85.7 cm³/mol. The molecule has 2 nitrogen and oxygen atoms in total. The van der Waals surface area contributed by atoms with Gasteiger partial charge in [0.15, 0.2) is 0 Å². The van der Waals surface area contributed by atoms with Crippen molar-refractivity contribution in [3.8, 4) is 0 Å². The van der Waals surface area contributed by atoms with Crippen LogP contribution in [0.5, 0.6) is 0 Å². The van der Waals surface area contributed by atoms with E-state index in [-0.39, 0.29) is 0 Å². The van der Waals surface area contributed by atoms with Gasteiger partial charge < -0.3 is 10.2 Å². The molecule has 1 heterocycles. The van der Waals surface area contributed by atoms with Gasteiger partial charge >= 0.3 is 0 Å². The lowest BCUT2D eigenvalue weighted by atomic mass is 10.0. The third-order valence-electron chi connectivity index (χ3n) is 4.27. The van der Waals surface area contributed by atoms with Crippen LogP contribution in [0.15, 0.2) is 0 Å². The van der Waals surface area contributed by atoms with Gasteiger partial charge in [-0.05, 0) is 45.3 Å². The van der Waals surface area contributed by atoms with Gasteiger partial charge in [0.2, 0.25) is 0 Å². The van der Waals surface area contributed by atoms with E-state index in [0.29, 0.717) is 0 Å². The molecule has 0 bridgehead atoms. The highest BCUT2D eigenvalue weighted by atomic mass is 15.2. The molecule has 1 rings (SSSR count). The first kappa shape index (κ1) is 17.0. The number of hydrogen-bond acceptors (Lipinski definition) is 2. The van der Waals surface area contributed by atoms with Gasteiger partial charge in [0.1, 0.15) is 0 Å². The molecule has 1 N–H and O–H groups in total. The third-order valence-corrected chi connectivity index (χ3v) is 4.27. The first-order valence-electron chi connectivity index (χ1n) is 8.82. The summed E-state index contributed by atoms with van der Waals surface area (Å²) in [5.74, 6) is 0. The van der Waals surface area contributed by atoms with Gasteiger partial charge in [-0.2, -0.15) is 0 Å². The van der Waals surface area contributed by atoms with Crippen molar-refractivity contribution >= 4 is 0 Å². The summed E-state index contributed by atoms with van der Waals surface area (Å²) >= 11 is 0. The second kappa shape index (κ2) is 11.7. The normalized spacial score (nSPS) is 20.8. The van der Waals surface area contributed by atoms with Gasteiger partial charge in [-0.3, -0.25) is 0 Å². The average Bonchev–Trinajstić information content (AvgIpc) is 2.44. The lowest BCUT2D eigenvalue weighted by Crippen LogP contribution is -2.46. The minimum Gasteiger partial charge on any atom is -0.313 e. The lowest BCUT2D eigenvalue weighted by Gasteiger charge is -2.33. The number of rotatable bonds is 11. The molecule has 0 aliphatic carbocycles. The van der Waals surface area contributed by atoms with Crippen LogP contribution < -0.4 is 5.32 Å². The Morgan fingerprint density at radius 2 is 1.68 bits per heavy atom. The Labute approximate surface area is 121 Å². The minimum absolute atomic E-state index is 0.762. The fourth-order valence-corrected chi connectivity index (χ4v) is 3.07. The zero-order valence-corrected chi connectivity index (χ0v) is 13.4. The van der Waals surface area contributed by atoms with Crippen molar-refractivity contribution in [1.29, 1.82) is 0 Å². The molecule has 0 aromatic heterocycles. The number of likely N-dealkylation sites (tertiary alicyclic amines) is 1. The van der Waals surface area contributed by atoms with Gasteiger partial charge in [0.25, 0.3) is 0 Å². The summed E-state index contributed by atoms with van der Waals surface area (Å²) in [7, 11) is 0. The van der Waals surface area contributed by atoms with Crippen LogP contribution >= 0.6 is 0 Å². The fraction of sp³-hybridized carbons (Fsp3) is 1.00. The lowest BCUT2D eigenvalue weighted by molar-refractivity contribution is 0.187. The van der Waals surface area contributed by atoms with Crippen LogP contribution in [0.25, 0.3) is 0 Å². The molecule has 19 heavy (non-hydrogen) atoms. The molecule has 1 saturated heterocycles. The zero-order valence-electron chi connectivity index (χ0n) is 13.4. The van der Waals surface area contributed by atoms with Crippen LogP contribution in [0.2, 0.25) is 0 Å². The summed E-state index contributed by atoms with van der Waals surface area (Å²) in [4.78, 5) is 2.68. The zero-order chi connectivity index (χ0) is 13.8. The molecule has 1 aliphatic heterocycles. The van der Waals surface area contributed by atoms with Crippen molar-refractivity contribution in [1.82, 2.24) is 10.2 Å². The number of hydrogen-bond donors (Lipinski definition) is 1. The number of unbranched alkanes of at least 4 members (excludes halogenated alkanes) is 6. The monoisotopic (exact) mass is 268 g/mol. The van der Waals surface area contributed by atoms with E-state index >= 15 is 0 Å². The average molecular weight is 268 g/mol. The summed E-state index contributed by atoms with van der Waals surface area (Å²) in [6, 6.07) is 0.762. The Hall–Kier alpha value is -0.0800. The second-order valence-electron chi connectivity index (χ2n) is 6.22. The molecule has 0 aromatic rings. The van der Waals surface area contributed by atoms with Gasteiger partial charge in [-0.25, -0.2) is 0 Å². The number of nitrogens with one attached hydrogen (secondary N) is 1. The molecule has 1 atom stereocenters. The van der Waals surface area contributed by atoms with E-state index in [0.717, 1.165) is 6.04 Å².